The number of carboxylic acids is 1. The highest BCUT2D eigenvalue weighted by Crippen LogP contribution is 2.42. The van der Waals surface area contributed by atoms with Gasteiger partial charge in [-0.05, 0) is 18.9 Å². The Morgan fingerprint density at radius 2 is 1.90 bits per heavy atom. The molecule has 2 N–H and O–H groups in total. The Kier molecular flexibility index (Phi) is 4.55. The van der Waals surface area contributed by atoms with Crippen LogP contribution < -0.4 is 5.32 Å². The Morgan fingerprint density at radius 3 is 2.43 bits per heavy atom. The number of amides is 1. The van der Waals surface area contributed by atoms with E-state index in [0.717, 1.165) is 12.8 Å². The van der Waals surface area contributed by atoms with E-state index in [2.05, 4.69) is 5.32 Å². The predicted octanol–water partition coefficient (Wildman–Crippen LogP) is 2.18. The molecule has 0 aliphatic heterocycles. The monoisotopic (exact) mass is 297 g/mol. The largest absolute Gasteiger partial charge is 0.480 e. The van der Waals surface area contributed by atoms with Crippen molar-refractivity contribution >= 4 is 11.9 Å². The summed E-state index contributed by atoms with van der Waals surface area (Å²) in [7, 11) is 0. The third-order valence-corrected chi connectivity index (χ3v) is 4.04. The maximum Gasteiger partial charge on any atom is 0.328 e. The van der Waals surface area contributed by atoms with Gasteiger partial charge in [0.15, 0.2) is 6.04 Å². The molecule has 1 atom stereocenters. The number of hydrogen-bond donors (Lipinski definition) is 2. The lowest BCUT2D eigenvalue weighted by Gasteiger charge is -2.29. The van der Waals surface area contributed by atoms with Crippen LogP contribution in [0.5, 0.6) is 0 Å². The van der Waals surface area contributed by atoms with Gasteiger partial charge in [0.05, 0.1) is 5.41 Å². The maximum absolute atomic E-state index is 14.1. The summed E-state index contributed by atoms with van der Waals surface area (Å²) in [5, 5.41) is 11.0. The van der Waals surface area contributed by atoms with Gasteiger partial charge in [-0.2, -0.15) is 0 Å². The predicted molar refractivity (Wildman–Crippen MR) is 72.1 cm³/mol. The fourth-order valence-electron chi connectivity index (χ4n) is 2.91. The highest BCUT2D eigenvalue weighted by Gasteiger charge is 2.45. The van der Waals surface area contributed by atoms with Gasteiger partial charge in [-0.15, -0.1) is 0 Å². The summed E-state index contributed by atoms with van der Waals surface area (Å²) >= 11 is 0. The Labute approximate surface area is 121 Å². The van der Waals surface area contributed by atoms with E-state index in [1.807, 2.05) is 0 Å². The van der Waals surface area contributed by atoms with Crippen molar-refractivity contribution < 1.29 is 23.5 Å². The standard InChI is InChI=1S/C15H17F2NO3/c16-9-12(13(19)20)18-14(21)15(7-3-4-8-15)10-5-1-2-6-11(10)17/h1-2,5-6,12H,3-4,7-9H2,(H,18,21)(H,19,20). The topological polar surface area (TPSA) is 66.4 Å². The number of aliphatic carboxylic acids is 1. The number of hydrogen-bond acceptors (Lipinski definition) is 2. The lowest BCUT2D eigenvalue weighted by molar-refractivity contribution is -0.143. The average Bonchev–Trinajstić information content (AvgIpc) is 2.95. The first kappa shape index (κ1) is 15.4. The number of benzene rings is 1. The molecular weight excluding hydrogens is 280 g/mol. The lowest BCUT2D eigenvalue weighted by Crippen LogP contribution is -2.50. The summed E-state index contributed by atoms with van der Waals surface area (Å²) in [6.45, 7) is -1.20. The molecular formula is C15H17F2NO3. The minimum absolute atomic E-state index is 0.253. The van der Waals surface area contributed by atoms with Gasteiger partial charge in [0.2, 0.25) is 5.91 Å². The quantitative estimate of drug-likeness (QED) is 0.875. The number of carbonyl (C=O) groups excluding carboxylic acids is 1. The smallest absolute Gasteiger partial charge is 0.328 e. The van der Waals surface area contributed by atoms with Crippen LogP contribution in [0.2, 0.25) is 0 Å². The summed E-state index contributed by atoms with van der Waals surface area (Å²) in [4.78, 5) is 23.3. The zero-order chi connectivity index (χ0) is 15.5. The van der Waals surface area contributed by atoms with Crippen molar-refractivity contribution in [3.63, 3.8) is 0 Å². The molecule has 0 radical (unpaired) electrons. The molecule has 2 rings (SSSR count). The van der Waals surface area contributed by atoms with Crippen LogP contribution in [0.15, 0.2) is 24.3 Å². The third-order valence-electron chi connectivity index (χ3n) is 4.04. The molecule has 1 aliphatic rings. The molecule has 6 heteroatoms. The van der Waals surface area contributed by atoms with Crippen molar-refractivity contribution in [2.75, 3.05) is 6.67 Å². The van der Waals surface area contributed by atoms with Gasteiger partial charge >= 0.3 is 5.97 Å². The van der Waals surface area contributed by atoms with Crippen LogP contribution in [0.4, 0.5) is 8.78 Å². The van der Waals surface area contributed by atoms with E-state index in [-0.39, 0.29) is 5.56 Å². The summed E-state index contributed by atoms with van der Waals surface area (Å²) in [6, 6.07) is 4.37. The minimum Gasteiger partial charge on any atom is -0.480 e. The summed E-state index contributed by atoms with van der Waals surface area (Å²) in [6.07, 6.45) is 2.35. The highest BCUT2D eigenvalue weighted by molar-refractivity contribution is 5.92. The van der Waals surface area contributed by atoms with Crippen LogP contribution in [0.1, 0.15) is 31.2 Å². The number of rotatable bonds is 5. The van der Waals surface area contributed by atoms with Crippen LogP contribution in [0, 0.1) is 5.82 Å². The molecule has 0 heterocycles. The Hall–Kier alpha value is -1.98. The van der Waals surface area contributed by atoms with Crippen molar-refractivity contribution in [1.82, 2.24) is 5.32 Å². The van der Waals surface area contributed by atoms with E-state index in [4.69, 9.17) is 5.11 Å². The zero-order valence-electron chi connectivity index (χ0n) is 11.4. The number of carboxylic acid groups (broad SMARTS) is 1. The second-order valence-electron chi connectivity index (χ2n) is 5.29. The zero-order valence-corrected chi connectivity index (χ0v) is 11.4. The normalized spacial score (nSPS) is 18.2. The first-order valence-corrected chi connectivity index (χ1v) is 6.86. The lowest BCUT2D eigenvalue weighted by atomic mass is 9.77. The van der Waals surface area contributed by atoms with E-state index >= 15 is 0 Å². The molecule has 0 spiro atoms. The van der Waals surface area contributed by atoms with Crippen molar-refractivity contribution in [3.05, 3.63) is 35.6 Å². The van der Waals surface area contributed by atoms with Gasteiger partial charge < -0.3 is 10.4 Å². The van der Waals surface area contributed by atoms with Gasteiger partial charge in [0.25, 0.3) is 0 Å². The summed E-state index contributed by atoms with van der Waals surface area (Å²) < 4.78 is 26.7. The molecule has 0 aromatic heterocycles. The van der Waals surface area contributed by atoms with E-state index < -0.39 is 35.8 Å². The Morgan fingerprint density at radius 1 is 1.29 bits per heavy atom. The van der Waals surface area contributed by atoms with Crippen LogP contribution >= 0.6 is 0 Å². The van der Waals surface area contributed by atoms with Gasteiger partial charge in [-0.25, -0.2) is 13.6 Å². The number of alkyl halides is 1. The van der Waals surface area contributed by atoms with Crippen molar-refractivity contribution in [1.29, 1.82) is 0 Å². The molecule has 1 fully saturated rings. The molecule has 1 saturated carbocycles. The molecule has 114 valence electrons. The summed E-state index contributed by atoms with van der Waals surface area (Å²) in [5.74, 6) is -2.55. The second kappa shape index (κ2) is 6.20. The second-order valence-corrected chi connectivity index (χ2v) is 5.29. The van der Waals surface area contributed by atoms with Crippen LogP contribution in [-0.2, 0) is 15.0 Å². The third kappa shape index (κ3) is 2.89. The van der Waals surface area contributed by atoms with Crippen molar-refractivity contribution in [2.45, 2.75) is 37.1 Å². The molecule has 4 nitrogen and oxygen atoms in total. The minimum atomic E-state index is -1.60. The maximum atomic E-state index is 14.1. The molecule has 21 heavy (non-hydrogen) atoms. The first-order chi connectivity index (χ1) is 10.0. The van der Waals surface area contributed by atoms with Crippen LogP contribution in [-0.4, -0.2) is 29.7 Å². The molecule has 1 aromatic carbocycles. The average molecular weight is 297 g/mol. The molecule has 1 aromatic rings. The van der Waals surface area contributed by atoms with Crippen LogP contribution in [0.25, 0.3) is 0 Å². The van der Waals surface area contributed by atoms with E-state index in [9.17, 15) is 18.4 Å². The van der Waals surface area contributed by atoms with Crippen LogP contribution in [0.3, 0.4) is 0 Å². The van der Waals surface area contributed by atoms with Gasteiger partial charge in [-0.3, -0.25) is 4.79 Å². The molecule has 1 unspecified atom stereocenters. The van der Waals surface area contributed by atoms with Gasteiger partial charge in [-0.1, -0.05) is 31.0 Å². The van der Waals surface area contributed by atoms with Crippen molar-refractivity contribution in [2.24, 2.45) is 0 Å². The number of carbonyl (C=O) groups is 2. The molecule has 0 bridgehead atoms. The molecule has 1 aliphatic carbocycles. The Balaban J connectivity index is 2.33. The van der Waals surface area contributed by atoms with E-state index in [0.29, 0.717) is 12.8 Å². The van der Waals surface area contributed by atoms with Crippen molar-refractivity contribution in [3.8, 4) is 0 Å². The number of halogens is 2. The van der Waals surface area contributed by atoms with E-state index in [1.54, 1.807) is 6.07 Å². The van der Waals surface area contributed by atoms with Gasteiger partial charge in [0, 0.05) is 5.56 Å². The molecule has 0 saturated heterocycles. The van der Waals surface area contributed by atoms with E-state index in [1.165, 1.54) is 18.2 Å². The Bertz CT molecular complexity index is 541. The van der Waals surface area contributed by atoms with Gasteiger partial charge in [0.1, 0.15) is 12.5 Å². The number of nitrogens with one attached hydrogen (secondary N) is 1. The fourth-order valence-corrected chi connectivity index (χ4v) is 2.91. The fraction of sp³-hybridized carbons (Fsp3) is 0.467. The highest BCUT2D eigenvalue weighted by atomic mass is 19.1. The summed E-state index contributed by atoms with van der Waals surface area (Å²) in [5.41, 5.74) is -0.850. The first-order valence-electron chi connectivity index (χ1n) is 6.86. The molecule has 1 amide bonds. The SMILES string of the molecule is O=C(O)C(CF)NC(=O)C1(c2ccccc2F)CCCC1.